The topological polar surface area (TPSA) is 32.3 Å². The summed E-state index contributed by atoms with van der Waals surface area (Å²) in [5.41, 5.74) is 2.37. The van der Waals surface area contributed by atoms with Gasteiger partial charge in [-0.1, -0.05) is 49.7 Å². The second kappa shape index (κ2) is 8.15. The van der Waals surface area contributed by atoms with Crippen molar-refractivity contribution in [2.75, 3.05) is 19.6 Å². The number of hydrogen-bond acceptors (Lipinski definition) is 3. The lowest BCUT2D eigenvalue weighted by atomic mass is 9.92. The zero-order chi connectivity index (χ0) is 17.8. The molecule has 3 rings (SSSR count). The van der Waals surface area contributed by atoms with Crippen molar-refractivity contribution >= 4 is 17.2 Å². The number of nitrogens with zero attached hydrogens (tertiary/aromatic N) is 1. The third kappa shape index (κ3) is 4.93. The summed E-state index contributed by atoms with van der Waals surface area (Å²) in [6.45, 7) is 9.17. The molecule has 1 saturated heterocycles. The number of aryl methyl sites for hydroxylation is 1. The molecule has 3 nitrogen and oxygen atoms in total. The molecule has 3 atom stereocenters. The molecule has 3 unspecified atom stereocenters. The minimum absolute atomic E-state index is 0.0623. The minimum atomic E-state index is -0.0623. The monoisotopic (exact) mass is 356 g/mol. The number of carbonyl (C=O) groups excluding carboxylic acids is 1. The highest BCUT2D eigenvalue weighted by Gasteiger charge is 2.25. The molecule has 0 spiro atoms. The van der Waals surface area contributed by atoms with Crippen molar-refractivity contribution in [2.45, 2.75) is 33.2 Å². The molecule has 4 heteroatoms. The van der Waals surface area contributed by atoms with Crippen LogP contribution in [0.1, 0.15) is 42.3 Å². The van der Waals surface area contributed by atoms with E-state index in [1.165, 1.54) is 16.9 Å². The van der Waals surface area contributed by atoms with Gasteiger partial charge in [-0.3, -0.25) is 9.69 Å². The van der Waals surface area contributed by atoms with E-state index in [2.05, 4.69) is 66.7 Å². The van der Waals surface area contributed by atoms with Crippen molar-refractivity contribution in [2.24, 2.45) is 11.8 Å². The van der Waals surface area contributed by atoms with E-state index in [1.807, 2.05) is 6.07 Å². The van der Waals surface area contributed by atoms with Crippen LogP contribution in [0.5, 0.6) is 0 Å². The molecular formula is C21H28N2OS. The summed E-state index contributed by atoms with van der Waals surface area (Å²) in [4.78, 5) is 16.2. The lowest BCUT2D eigenvalue weighted by molar-refractivity contribution is -0.123. The van der Waals surface area contributed by atoms with Crippen LogP contribution in [-0.4, -0.2) is 30.4 Å². The van der Waals surface area contributed by atoms with Crippen molar-refractivity contribution in [3.63, 3.8) is 0 Å². The zero-order valence-electron chi connectivity index (χ0n) is 15.4. The molecule has 2 aromatic rings. The lowest BCUT2D eigenvalue weighted by Crippen LogP contribution is -2.45. The molecule has 1 amide bonds. The van der Waals surface area contributed by atoms with E-state index in [0.717, 1.165) is 18.7 Å². The van der Waals surface area contributed by atoms with Crippen molar-refractivity contribution in [1.82, 2.24) is 10.2 Å². The Morgan fingerprint density at radius 2 is 1.88 bits per heavy atom. The summed E-state index contributed by atoms with van der Waals surface area (Å²) < 4.78 is 0. The average Bonchev–Trinajstić information content (AvgIpc) is 3.06. The molecule has 2 heterocycles. The number of benzene rings is 1. The highest BCUT2D eigenvalue weighted by atomic mass is 32.1. The van der Waals surface area contributed by atoms with Crippen LogP contribution in [-0.2, 0) is 4.79 Å². The third-order valence-electron chi connectivity index (χ3n) is 4.86. The summed E-state index contributed by atoms with van der Waals surface area (Å²) in [7, 11) is 0. The van der Waals surface area contributed by atoms with Gasteiger partial charge in [-0.15, -0.1) is 11.3 Å². The van der Waals surface area contributed by atoms with E-state index in [4.69, 9.17) is 0 Å². The van der Waals surface area contributed by atoms with Crippen molar-refractivity contribution < 1.29 is 4.79 Å². The van der Waals surface area contributed by atoms with Gasteiger partial charge in [0.25, 0.3) is 0 Å². The third-order valence-corrected chi connectivity index (χ3v) is 5.79. The second-order valence-corrected chi connectivity index (χ2v) is 8.55. The fraction of sp³-hybridized carbons (Fsp3) is 0.476. The molecular weight excluding hydrogens is 328 g/mol. The van der Waals surface area contributed by atoms with E-state index in [9.17, 15) is 4.79 Å². The Kier molecular flexibility index (Phi) is 5.92. The molecule has 134 valence electrons. The first kappa shape index (κ1) is 18.2. The molecule has 1 N–H and O–H groups in total. The Labute approximate surface area is 155 Å². The summed E-state index contributed by atoms with van der Waals surface area (Å²) in [6, 6.07) is 12.5. The predicted molar refractivity (Wildman–Crippen MR) is 105 cm³/mol. The Bertz CT molecular complexity index is 670. The van der Waals surface area contributed by atoms with Gasteiger partial charge in [-0.2, -0.15) is 0 Å². The molecule has 0 bridgehead atoms. The Hall–Kier alpha value is -1.65. The number of amides is 1. The van der Waals surface area contributed by atoms with Crippen LogP contribution in [0.3, 0.4) is 0 Å². The van der Waals surface area contributed by atoms with Gasteiger partial charge in [-0.05, 0) is 42.2 Å². The first-order valence-electron chi connectivity index (χ1n) is 9.13. The van der Waals surface area contributed by atoms with E-state index < -0.39 is 0 Å². The van der Waals surface area contributed by atoms with Gasteiger partial charge in [0.15, 0.2) is 0 Å². The number of carbonyl (C=O) groups is 1. The number of rotatable bonds is 5. The fourth-order valence-electron chi connectivity index (χ4n) is 3.86. The maximum atomic E-state index is 12.7. The Morgan fingerprint density at radius 1 is 1.20 bits per heavy atom. The van der Waals surface area contributed by atoms with Crippen molar-refractivity contribution in [3.05, 3.63) is 57.8 Å². The maximum Gasteiger partial charge on any atom is 0.234 e. The van der Waals surface area contributed by atoms with Gasteiger partial charge in [0, 0.05) is 18.0 Å². The number of likely N-dealkylation sites (tertiary alicyclic amines) is 1. The van der Waals surface area contributed by atoms with Gasteiger partial charge in [0.05, 0.1) is 12.6 Å². The standard InChI is InChI=1S/C21H28N2OS/c1-15-6-8-18(9-7-15)21(19-5-4-10-25-19)22-20(24)14-23-12-16(2)11-17(3)13-23/h4-10,16-17,21H,11-14H2,1-3H3,(H,22,24). The van der Waals surface area contributed by atoms with Gasteiger partial charge in [-0.25, -0.2) is 0 Å². The largest absolute Gasteiger partial charge is 0.343 e. The van der Waals surface area contributed by atoms with Crippen LogP contribution in [0.15, 0.2) is 41.8 Å². The molecule has 1 aromatic carbocycles. The highest BCUT2D eigenvalue weighted by molar-refractivity contribution is 7.10. The van der Waals surface area contributed by atoms with Crippen LogP contribution in [0.4, 0.5) is 0 Å². The maximum absolute atomic E-state index is 12.7. The molecule has 0 aliphatic carbocycles. The first-order valence-corrected chi connectivity index (χ1v) is 10.0. The van der Waals surface area contributed by atoms with Crippen LogP contribution in [0, 0.1) is 18.8 Å². The predicted octanol–water partition coefficient (Wildman–Crippen LogP) is 4.24. The molecule has 1 aliphatic rings. The zero-order valence-corrected chi connectivity index (χ0v) is 16.2. The molecule has 1 fully saturated rings. The van der Waals surface area contributed by atoms with Gasteiger partial charge in [0.1, 0.15) is 0 Å². The van der Waals surface area contributed by atoms with E-state index >= 15 is 0 Å². The summed E-state index contributed by atoms with van der Waals surface area (Å²) in [5.74, 6) is 1.45. The lowest BCUT2D eigenvalue weighted by Gasteiger charge is -2.34. The number of piperidine rings is 1. The van der Waals surface area contributed by atoms with Crippen LogP contribution in [0.25, 0.3) is 0 Å². The van der Waals surface area contributed by atoms with E-state index in [-0.39, 0.29) is 11.9 Å². The molecule has 0 radical (unpaired) electrons. The van der Waals surface area contributed by atoms with Crippen LogP contribution in [0.2, 0.25) is 0 Å². The SMILES string of the molecule is Cc1ccc(C(NC(=O)CN2CC(C)CC(C)C2)c2cccs2)cc1. The molecule has 0 saturated carbocycles. The highest BCUT2D eigenvalue weighted by Crippen LogP contribution is 2.26. The summed E-state index contributed by atoms with van der Waals surface area (Å²) >= 11 is 1.69. The quantitative estimate of drug-likeness (QED) is 0.869. The van der Waals surface area contributed by atoms with Crippen LogP contribution < -0.4 is 5.32 Å². The summed E-state index contributed by atoms with van der Waals surface area (Å²) in [6.07, 6.45) is 1.26. The fourth-order valence-corrected chi connectivity index (χ4v) is 4.67. The van der Waals surface area contributed by atoms with Gasteiger partial charge >= 0.3 is 0 Å². The van der Waals surface area contributed by atoms with Crippen molar-refractivity contribution in [1.29, 1.82) is 0 Å². The molecule has 1 aliphatic heterocycles. The first-order chi connectivity index (χ1) is 12.0. The molecule has 1 aromatic heterocycles. The minimum Gasteiger partial charge on any atom is -0.343 e. The molecule has 25 heavy (non-hydrogen) atoms. The Balaban J connectivity index is 1.70. The van der Waals surface area contributed by atoms with E-state index in [0.29, 0.717) is 18.4 Å². The number of hydrogen-bond donors (Lipinski definition) is 1. The average molecular weight is 357 g/mol. The second-order valence-electron chi connectivity index (χ2n) is 7.57. The normalized spacial score (nSPS) is 22.5. The van der Waals surface area contributed by atoms with Gasteiger partial charge < -0.3 is 5.32 Å². The van der Waals surface area contributed by atoms with E-state index in [1.54, 1.807) is 11.3 Å². The van der Waals surface area contributed by atoms with Crippen LogP contribution >= 0.6 is 11.3 Å². The van der Waals surface area contributed by atoms with Gasteiger partial charge in [0.2, 0.25) is 5.91 Å². The summed E-state index contributed by atoms with van der Waals surface area (Å²) in [5, 5.41) is 5.33. The Morgan fingerprint density at radius 3 is 2.48 bits per heavy atom. The number of thiophene rings is 1. The van der Waals surface area contributed by atoms with Crippen molar-refractivity contribution in [3.8, 4) is 0 Å². The smallest absolute Gasteiger partial charge is 0.234 e. The number of nitrogens with one attached hydrogen (secondary N) is 1.